The second kappa shape index (κ2) is 5.70. The van der Waals surface area contributed by atoms with Crippen LogP contribution in [0.25, 0.3) is 0 Å². The van der Waals surface area contributed by atoms with Crippen molar-refractivity contribution in [2.24, 2.45) is 11.7 Å². The first kappa shape index (κ1) is 14.0. The van der Waals surface area contributed by atoms with E-state index in [0.29, 0.717) is 12.2 Å². The number of amides is 1. The second-order valence-corrected chi connectivity index (χ2v) is 5.79. The normalized spacial score (nSPS) is 27.0. The lowest BCUT2D eigenvalue weighted by molar-refractivity contribution is 0.0854. The first-order chi connectivity index (χ1) is 9.06. The zero-order chi connectivity index (χ0) is 13.9. The number of nitrogens with two attached hydrogens (primary N) is 1. The summed E-state index contributed by atoms with van der Waals surface area (Å²) in [5, 5.41) is 3.13. The summed E-state index contributed by atoms with van der Waals surface area (Å²) in [4.78, 5) is 16.5. The number of nitrogens with zero attached hydrogens (tertiary/aromatic N) is 1. The van der Waals surface area contributed by atoms with Gasteiger partial charge in [-0.05, 0) is 50.2 Å². The van der Waals surface area contributed by atoms with E-state index in [9.17, 15) is 4.79 Å². The highest BCUT2D eigenvalue weighted by Crippen LogP contribution is 2.31. The number of nitrogens with one attached hydrogen (secondary N) is 1. The van der Waals surface area contributed by atoms with Gasteiger partial charge in [0.2, 0.25) is 0 Å². The number of hydrogen-bond donors (Lipinski definition) is 2. The Labute approximate surface area is 114 Å². The molecule has 0 spiro atoms. The van der Waals surface area contributed by atoms with Gasteiger partial charge in [-0.3, -0.25) is 9.78 Å². The van der Waals surface area contributed by atoms with Crippen molar-refractivity contribution in [2.45, 2.75) is 45.1 Å². The molecule has 0 aliphatic heterocycles. The van der Waals surface area contributed by atoms with Crippen molar-refractivity contribution >= 4 is 5.91 Å². The van der Waals surface area contributed by atoms with Gasteiger partial charge in [-0.25, -0.2) is 0 Å². The Kier molecular flexibility index (Phi) is 4.20. The van der Waals surface area contributed by atoms with Crippen LogP contribution in [0.1, 0.15) is 48.7 Å². The molecule has 0 unspecified atom stereocenters. The number of pyridine rings is 1. The molecule has 4 heteroatoms. The van der Waals surface area contributed by atoms with Gasteiger partial charge in [0, 0.05) is 12.7 Å². The van der Waals surface area contributed by atoms with E-state index < -0.39 is 0 Å². The predicted molar refractivity (Wildman–Crippen MR) is 75.9 cm³/mol. The van der Waals surface area contributed by atoms with Crippen LogP contribution < -0.4 is 11.1 Å². The molecule has 1 amide bonds. The molecule has 0 saturated heterocycles. The maximum absolute atomic E-state index is 12.4. The van der Waals surface area contributed by atoms with Crippen molar-refractivity contribution in [3.05, 3.63) is 29.6 Å². The number of carbonyl (C=O) groups is 1. The molecule has 1 heterocycles. The summed E-state index contributed by atoms with van der Waals surface area (Å²) < 4.78 is 0. The molecule has 0 bridgehead atoms. The molecule has 1 aliphatic rings. The molecule has 4 nitrogen and oxygen atoms in total. The van der Waals surface area contributed by atoms with Gasteiger partial charge < -0.3 is 11.1 Å². The highest BCUT2D eigenvalue weighted by atomic mass is 16.2. The number of aryl methyl sites for hydroxylation is 1. The third-order valence-electron chi connectivity index (χ3n) is 4.23. The SMILES string of the molecule is Cc1cccnc1C(=O)NC1(CN)CCC(C)CC1. The summed E-state index contributed by atoms with van der Waals surface area (Å²) in [6, 6.07) is 3.74. The van der Waals surface area contributed by atoms with Crippen LogP contribution in [0.3, 0.4) is 0 Å². The summed E-state index contributed by atoms with van der Waals surface area (Å²) in [7, 11) is 0. The van der Waals surface area contributed by atoms with Gasteiger partial charge in [-0.1, -0.05) is 13.0 Å². The van der Waals surface area contributed by atoms with E-state index in [4.69, 9.17) is 5.73 Å². The molecule has 1 aromatic heterocycles. The molecular formula is C15H23N3O. The van der Waals surface area contributed by atoms with E-state index in [0.717, 1.165) is 37.2 Å². The standard InChI is InChI=1S/C15H23N3O/c1-11-5-7-15(10-16,8-6-11)18-14(19)13-12(2)4-3-9-17-13/h3-4,9,11H,5-8,10,16H2,1-2H3,(H,18,19). The molecule has 19 heavy (non-hydrogen) atoms. The molecular weight excluding hydrogens is 238 g/mol. The minimum atomic E-state index is -0.243. The number of hydrogen-bond acceptors (Lipinski definition) is 3. The molecule has 1 saturated carbocycles. The Balaban J connectivity index is 2.11. The van der Waals surface area contributed by atoms with Crippen molar-refractivity contribution < 1.29 is 4.79 Å². The van der Waals surface area contributed by atoms with E-state index in [2.05, 4.69) is 17.2 Å². The number of aromatic nitrogens is 1. The van der Waals surface area contributed by atoms with Crippen molar-refractivity contribution in [1.29, 1.82) is 0 Å². The van der Waals surface area contributed by atoms with E-state index in [1.807, 2.05) is 19.1 Å². The molecule has 1 aromatic rings. The van der Waals surface area contributed by atoms with Crippen molar-refractivity contribution in [3.63, 3.8) is 0 Å². The summed E-state index contributed by atoms with van der Waals surface area (Å²) in [6.45, 7) is 4.66. The van der Waals surface area contributed by atoms with Crippen LogP contribution >= 0.6 is 0 Å². The van der Waals surface area contributed by atoms with E-state index in [-0.39, 0.29) is 11.4 Å². The number of carbonyl (C=O) groups excluding carboxylic acids is 1. The largest absolute Gasteiger partial charge is 0.344 e. The average Bonchev–Trinajstić information content (AvgIpc) is 2.42. The topological polar surface area (TPSA) is 68.0 Å². The van der Waals surface area contributed by atoms with Crippen molar-refractivity contribution in [3.8, 4) is 0 Å². The van der Waals surface area contributed by atoms with Crippen LogP contribution in [0.5, 0.6) is 0 Å². The summed E-state index contributed by atoms with van der Waals surface area (Å²) in [5.74, 6) is 0.631. The van der Waals surface area contributed by atoms with Gasteiger partial charge in [0.15, 0.2) is 0 Å². The average molecular weight is 261 g/mol. The molecule has 3 N–H and O–H groups in total. The monoisotopic (exact) mass is 261 g/mol. The molecule has 0 aromatic carbocycles. The quantitative estimate of drug-likeness (QED) is 0.874. The van der Waals surface area contributed by atoms with Crippen LogP contribution in [0, 0.1) is 12.8 Å². The summed E-state index contributed by atoms with van der Waals surface area (Å²) >= 11 is 0. The third kappa shape index (κ3) is 3.13. The smallest absolute Gasteiger partial charge is 0.270 e. The molecule has 0 atom stereocenters. The zero-order valence-electron chi connectivity index (χ0n) is 11.8. The zero-order valence-corrected chi connectivity index (χ0v) is 11.8. The highest BCUT2D eigenvalue weighted by molar-refractivity contribution is 5.94. The lowest BCUT2D eigenvalue weighted by atomic mass is 9.77. The first-order valence-corrected chi connectivity index (χ1v) is 7.00. The fourth-order valence-corrected chi connectivity index (χ4v) is 2.72. The fraction of sp³-hybridized carbons (Fsp3) is 0.600. The van der Waals surface area contributed by atoms with Crippen LogP contribution in [0.2, 0.25) is 0 Å². The second-order valence-electron chi connectivity index (χ2n) is 5.79. The Morgan fingerprint density at radius 3 is 2.79 bits per heavy atom. The first-order valence-electron chi connectivity index (χ1n) is 7.00. The lowest BCUT2D eigenvalue weighted by Crippen LogP contribution is -2.55. The lowest BCUT2D eigenvalue weighted by Gasteiger charge is -2.39. The van der Waals surface area contributed by atoms with Gasteiger partial charge in [0.05, 0.1) is 5.54 Å². The van der Waals surface area contributed by atoms with Crippen molar-refractivity contribution in [1.82, 2.24) is 10.3 Å². The highest BCUT2D eigenvalue weighted by Gasteiger charge is 2.34. The van der Waals surface area contributed by atoms with Crippen LogP contribution in [0.4, 0.5) is 0 Å². The van der Waals surface area contributed by atoms with Crippen LogP contribution in [0.15, 0.2) is 18.3 Å². The number of rotatable bonds is 3. The molecule has 2 rings (SSSR count). The third-order valence-corrected chi connectivity index (χ3v) is 4.23. The minimum Gasteiger partial charge on any atom is -0.344 e. The van der Waals surface area contributed by atoms with Crippen LogP contribution in [-0.2, 0) is 0 Å². The van der Waals surface area contributed by atoms with E-state index in [1.165, 1.54) is 0 Å². The Bertz CT molecular complexity index is 450. The molecule has 0 radical (unpaired) electrons. The Hall–Kier alpha value is -1.42. The molecule has 1 fully saturated rings. The molecule has 104 valence electrons. The van der Waals surface area contributed by atoms with Gasteiger partial charge >= 0.3 is 0 Å². The van der Waals surface area contributed by atoms with Gasteiger partial charge in [-0.2, -0.15) is 0 Å². The fourth-order valence-electron chi connectivity index (χ4n) is 2.72. The summed E-state index contributed by atoms with van der Waals surface area (Å²) in [6.07, 6.45) is 5.82. The van der Waals surface area contributed by atoms with Gasteiger partial charge in [-0.15, -0.1) is 0 Å². The van der Waals surface area contributed by atoms with E-state index >= 15 is 0 Å². The van der Waals surface area contributed by atoms with Gasteiger partial charge in [0.1, 0.15) is 5.69 Å². The van der Waals surface area contributed by atoms with E-state index in [1.54, 1.807) is 6.20 Å². The van der Waals surface area contributed by atoms with Gasteiger partial charge in [0.25, 0.3) is 5.91 Å². The predicted octanol–water partition coefficient (Wildman–Crippen LogP) is 2.03. The Morgan fingerprint density at radius 1 is 1.53 bits per heavy atom. The summed E-state index contributed by atoms with van der Waals surface area (Å²) in [5.41, 5.74) is 7.08. The minimum absolute atomic E-state index is 0.0990. The van der Waals surface area contributed by atoms with Crippen LogP contribution in [-0.4, -0.2) is 23.0 Å². The maximum atomic E-state index is 12.4. The molecule has 1 aliphatic carbocycles. The Morgan fingerprint density at radius 2 is 2.21 bits per heavy atom. The maximum Gasteiger partial charge on any atom is 0.270 e. The van der Waals surface area contributed by atoms with Crippen molar-refractivity contribution in [2.75, 3.05) is 6.54 Å².